The van der Waals surface area contributed by atoms with Crippen LogP contribution in [0, 0.1) is 13.8 Å². The van der Waals surface area contributed by atoms with E-state index in [-0.39, 0.29) is 0 Å². The molecule has 0 amide bonds. The van der Waals surface area contributed by atoms with Gasteiger partial charge in [0.05, 0.1) is 5.56 Å². The first-order valence-electron chi connectivity index (χ1n) is 7.32. The molecule has 3 N–H and O–H groups in total. The van der Waals surface area contributed by atoms with Gasteiger partial charge in [0, 0.05) is 18.8 Å². The number of rotatable bonds is 5. The number of aromatic nitrogens is 1. The Morgan fingerprint density at radius 2 is 2.05 bits per heavy atom. The van der Waals surface area contributed by atoms with Gasteiger partial charge in [-0.05, 0) is 51.4 Å². The van der Waals surface area contributed by atoms with Crippen molar-refractivity contribution in [3.05, 3.63) is 22.9 Å². The minimum absolute atomic E-state index is 0.412. The first-order chi connectivity index (χ1) is 9.58. The van der Waals surface area contributed by atoms with Crippen LogP contribution in [0.15, 0.2) is 6.07 Å². The van der Waals surface area contributed by atoms with Crippen molar-refractivity contribution in [3.8, 4) is 0 Å². The molecule has 1 aromatic heterocycles. The van der Waals surface area contributed by atoms with Crippen LogP contribution in [0.25, 0.3) is 0 Å². The van der Waals surface area contributed by atoms with Crippen molar-refractivity contribution in [3.63, 3.8) is 0 Å². The van der Waals surface area contributed by atoms with Crippen LogP contribution in [0.5, 0.6) is 0 Å². The summed E-state index contributed by atoms with van der Waals surface area (Å²) in [7, 11) is 0. The third-order valence-electron chi connectivity index (χ3n) is 3.76. The SMILES string of the molecule is Cc1cc(C)c(C(N)=S)c(NCCN2CCCCC2)n1. The van der Waals surface area contributed by atoms with Gasteiger partial charge in [0.15, 0.2) is 0 Å². The molecule has 2 heterocycles. The minimum atomic E-state index is 0.412. The average Bonchev–Trinajstić information content (AvgIpc) is 2.38. The van der Waals surface area contributed by atoms with Crippen molar-refractivity contribution in [2.24, 2.45) is 5.73 Å². The van der Waals surface area contributed by atoms with Crippen molar-refractivity contribution in [1.82, 2.24) is 9.88 Å². The Hall–Kier alpha value is -1.20. The molecule has 1 aromatic rings. The van der Waals surface area contributed by atoms with Crippen molar-refractivity contribution in [2.45, 2.75) is 33.1 Å². The number of anilines is 1. The molecule has 0 saturated carbocycles. The summed E-state index contributed by atoms with van der Waals surface area (Å²) in [5.74, 6) is 0.826. The molecule has 0 spiro atoms. The molecule has 0 aliphatic carbocycles. The van der Waals surface area contributed by atoms with Gasteiger partial charge in [-0.2, -0.15) is 0 Å². The molecule has 0 atom stereocenters. The summed E-state index contributed by atoms with van der Waals surface area (Å²) in [4.78, 5) is 7.45. The van der Waals surface area contributed by atoms with Crippen LogP contribution in [0.3, 0.4) is 0 Å². The highest BCUT2D eigenvalue weighted by atomic mass is 32.1. The van der Waals surface area contributed by atoms with Crippen LogP contribution in [0.1, 0.15) is 36.1 Å². The molecule has 0 aromatic carbocycles. The predicted molar refractivity (Wildman–Crippen MR) is 88.4 cm³/mol. The van der Waals surface area contributed by atoms with Gasteiger partial charge in [-0.25, -0.2) is 4.98 Å². The van der Waals surface area contributed by atoms with Gasteiger partial charge in [-0.3, -0.25) is 0 Å². The normalized spacial score (nSPS) is 16.1. The molecule has 0 unspecified atom stereocenters. The van der Waals surface area contributed by atoms with Gasteiger partial charge in [0.2, 0.25) is 0 Å². The maximum Gasteiger partial charge on any atom is 0.136 e. The second-order valence-corrected chi connectivity index (χ2v) is 5.94. The van der Waals surface area contributed by atoms with E-state index in [9.17, 15) is 0 Å². The number of hydrogen-bond donors (Lipinski definition) is 2. The Bertz CT molecular complexity index is 481. The lowest BCUT2D eigenvalue weighted by atomic mass is 10.1. The maximum atomic E-state index is 5.82. The predicted octanol–water partition coefficient (Wildman–Crippen LogP) is 2.23. The monoisotopic (exact) mass is 292 g/mol. The van der Waals surface area contributed by atoms with Crippen molar-refractivity contribution < 1.29 is 0 Å². The average molecular weight is 292 g/mol. The van der Waals surface area contributed by atoms with Crippen LogP contribution in [0.2, 0.25) is 0 Å². The second kappa shape index (κ2) is 6.99. The van der Waals surface area contributed by atoms with E-state index in [2.05, 4.69) is 15.2 Å². The fourth-order valence-electron chi connectivity index (χ4n) is 2.79. The number of thiocarbonyl (C=S) groups is 1. The van der Waals surface area contributed by atoms with Crippen LogP contribution in [-0.4, -0.2) is 41.1 Å². The van der Waals surface area contributed by atoms with E-state index in [0.717, 1.165) is 35.7 Å². The van der Waals surface area contributed by atoms with E-state index in [0.29, 0.717) is 4.99 Å². The zero-order valence-electron chi connectivity index (χ0n) is 12.4. The highest BCUT2D eigenvalue weighted by Gasteiger charge is 2.13. The molecule has 1 aliphatic rings. The summed E-state index contributed by atoms with van der Waals surface area (Å²) in [6.45, 7) is 8.37. The first kappa shape index (κ1) is 15.2. The molecule has 0 bridgehead atoms. The summed E-state index contributed by atoms with van der Waals surface area (Å²) < 4.78 is 0. The van der Waals surface area contributed by atoms with E-state index >= 15 is 0 Å². The number of hydrogen-bond acceptors (Lipinski definition) is 4. The van der Waals surface area contributed by atoms with Gasteiger partial charge in [0.1, 0.15) is 10.8 Å². The molecule has 0 radical (unpaired) electrons. The third kappa shape index (κ3) is 3.90. The van der Waals surface area contributed by atoms with Gasteiger partial charge < -0.3 is 16.0 Å². The fourth-order valence-corrected chi connectivity index (χ4v) is 3.05. The summed E-state index contributed by atoms with van der Waals surface area (Å²) >= 11 is 5.14. The smallest absolute Gasteiger partial charge is 0.136 e. The molecule has 5 heteroatoms. The summed E-state index contributed by atoms with van der Waals surface area (Å²) in [6.07, 6.45) is 4.01. The highest BCUT2D eigenvalue weighted by Crippen LogP contribution is 2.18. The van der Waals surface area contributed by atoms with Gasteiger partial charge in [-0.15, -0.1) is 0 Å². The molecule has 1 fully saturated rings. The number of aryl methyl sites for hydroxylation is 2. The van der Waals surface area contributed by atoms with E-state index in [4.69, 9.17) is 18.0 Å². The molecule has 1 aliphatic heterocycles. The number of likely N-dealkylation sites (tertiary alicyclic amines) is 1. The largest absolute Gasteiger partial charge is 0.389 e. The molecular formula is C15H24N4S. The lowest BCUT2D eigenvalue weighted by molar-refractivity contribution is 0.237. The number of pyridine rings is 1. The van der Waals surface area contributed by atoms with E-state index in [1.807, 2.05) is 19.9 Å². The number of nitrogens with two attached hydrogens (primary N) is 1. The van der Waals surface area contributed by atoms with Crippen molar-refractivity contribution >= 4 is 23.0 Å². The van der Waals surface area contributed by atoms with Gasteiger partial charge in [-0.1, -0.05) is 18.6 Å². The summed E-state index contributed by atoms with van der Waals surface area (Å²) in [6, 6.07) is 2.02. The maximum absolute atomic E-state index is 5.82. The molecule has 110 valence electrons. The summed E-state index contributed by atoms with van der Waals surface area (Å²) in [5.41, 5.74) is 8.78. The topological polar surface area (TPSA) is 54.2 Å². The Morgan fingerprint density at radius 1 is 1.35 bits per heavy atom. The van der Waals surface area contributed by atoms with Crippen LogP contribution < -0.4 is 11.1 Å². The van der Waals surface area contributed by atoms with E-state index in [1.54, 1.807) is 0 Å². The van der Waals surface area contributed by atoms with Crippen LogP contribution >= 0.6 is 12.2 Å². The van der Waals surface area contributed by atoms with Crippen molar-refractivity contribution in [1.29, 1.82) is 0 Å². The lowest BCUT2D eigenvalue weighted by Crippen LogP contribution is -2.34. The lowest BCUT2D eigenvalue weighted by Gasteiger charge is -2.26. The zero-order chi connectivity index (χ0) is 14.5. The third-order valence-corrected chi connectivity index (χ3v) is 3.96. The number of nitrogens with zero attached hydrogens (tertiary/aromatic N) is 2. The van der Waals surface area contributed by atoms with Gasteiger partial charge >= 0.3 is 0 Å². The van der Waals surface area contributed by atoms with Crippen LogP contribution in [0.4, 0.5) is 5.82 Å². The fraction of sp³-hybridized carbons (Fsp3) is 0.600. The summed E-state index contributed by atoms with van der Waals surface area (Å²) in [5, 5.41) is 3.40. The second-order valence-electron chi connectivity index (χ2n) is 5.50. The number of piperidine rings is 1. The van der Waals surface area contributed by atoms with E-state index in [1.165, 1.54) is 32.4 Å². The molecule has 1 saturated heterocycles. The van der Waals surface area contributed by atoms with Gasteiger partial charge in [0.25, 0.3) is 0 Å². The van der Waals surface area contributed by atoms with Crippen LogP contribution in [-0.2, 0) is 0 Å². The zero-order valence-corrected chi connectivity index (χ0v) is 13.2. The van der Waals surface area contributed by atoms with E-state index < -0.39 is 0 Å². The Labute approximate surface area is 126 Å². The molecule has 2 rings (SSSR count). The Kier molecular flexibility index (Phi) is 5.31. The standard InChI is InChI=1S/C15H24N4S/c1-11-10-12(2)18-15(13(11)14(16)20)17-6-9-19-7-4-3-5-8-19/h10H,3-9H2,1-2H3,(H2,16,20)(H,17,18). The minimum Gasteiger partial charge on any atom is -0.389 e. The molecular weight excluding hydrogens is 268 g/mol. The van der Waals surface area contributed by atoms with Crippen molar-refractivity contribution in [2.75, 3.05) is 31.5 Å². The highest BCUT2D eigenvalue weighted by molar-refractivity contribution is 7.80. The Morgan fingerprint density at radius 3 is 2.70 bits per heavy atom. The first-order valence-corrected chi connectivity index (χ1v) is 7.73. The quantitative estimate of drug-likeness (QED) is 0.815. The Balaban J connectivity index is 1.99. The molecule has 20 heavy (non-hydrogen) atoms. The molecule has 4 nitrogen and oxygen atoms in total. The number of nitrogens with one attached hydrogen (secondary N) is 1.